The van der Waals surface area contributed by atoms with Gasteiger partial charge >= 0.3 is 6.18 Å². The monoisotopic (exact) mass is 500 g/mol. The zero-order valence-electron chi connectivity index (χ0n) is 19.7. The lowest BCUT2D eigenvalue weighted by molar-refractivity contribution is -0.140. The second-order valence-electron chi connectivity index (χ2n) is 9.25. The molecule has 1 fully saturated rings. The maximum Gasteiger partial charge on any atom is 0.419 e. The molecule has 0 amide bonds. The van der Waals surface area contributed by atoms with Crippen LogP contribution in [0.4, 0.5) is 17.6 Å². The number of hydrogen-bond donors (Lipinski definition) is 3. The van der Waals surface area contributed by atoms with Crippen molar-refractivity contribution in [3.63, 3.8) is 0 Å². The Hall–Kier alpha value is -3.24. The van der Waals surface area contributed by atoms with Crippen molar-refractivity contribution in [3.05, 3.63) is 77.8 Å². The van der Waals surface area contributed by atoms with Crippen molar-refractivity contribution in [2.24, 2.45) is 0 Å². The van der Waals surface area contributed by atoms with Gasteiger partial charge in [-0.3, -0.25) is 4.57 Å². The van der Waals surface area contributed by atoms with Gasteiger partial charge in [0.05, 0.1) is 5.56 Å². The van der Waals surface area contributed by atoms with Gasteiger partial charge in [-0.2, -0.15) is 13.2 Å². The zero-order valence-corrected chi connectivity index (χ0v) is 19.7. The molecule has 36 heavy (non-hydrogen) atoms. The lowest BCUT2D eigenvalue weighted by atomic mass is 9.92. The highest BCUT2D eigenvalue weighted by atomic mass is 19.4. The Kier molecular flexibility index (Phi) is 7.06. The van der Waals surface area contributed by atoms with Crippen molar-refractivity contribution < 1.29 is 17.6 Å². The van der Waals surface area contributed by atoms with Gasteiger partial charge in [-0.25, -0.2) is 4.39 Å². The van der Waals surface area contributed by atoms with Gasteiger partial charge < -0.3 is 15.6 Å². The molecule has 1 unspecified atom stereocenters. The number of hydrogen-bond acceptors (Lipinski definition) is 4. The zero-order chi connectivity index (χ0) is 25.1. The van der Waals surface area contributed by atoms with Crippen molar-refractivity contribution in [1.82, 2.24) is 30.4 Å². The van der Waals surface area contributed by atoms with Crippen LogP contribution in [0.15, 0.2) is 55.2 Å². The molecule has 6 nitrogen and oxygen atoms in total. The molecule has 0 bridgehead atoms. The maximum atomic E-state index is 14.4. The highest BCUT2D eigenvalue weighted by Crippen LogP contribution is 2.38. The average Bonchev–Trinajstić information content (AvgIpc) is 3.53. The van der Waals surface area contributed by atoms with E-state index in [2.05, 4.69) is 25.8 Å². The number of fused-ring (bicyclic) bond motifs is 1. The van der Waals surface area contributed by atoms with Crippen LogP contribution >= 0.6 is 0 Å². The highest BCUT2D eigenvalue weighted by Gasteiger charge is 2.38. The average molecular weight is 501 g/mol. The normalized spacial score (nSPS) is 16.0. The maximum absolute atomic E-state index is 14.4. The summed E-state index contributed by atoms with van der Waals surface area (Å²) in [6, 6.07) is 9.13. The lowest BCUT2D eigenvalue weighted by Crippen LogP contribution is -2.42. The fourth-order valence-corrected chi connectivity index (χ4v) is 5.10. The third kappa shape index (κ3) is 5.29. The summed E-state index contributed by atoms with van der Waals surface area (Å²) >= 11 is 0. The minimum atomic E-state index is -4.76. The van der Waals surface area contributed by atoms with Crippen LogP contribution in [0.3, 0.4) is 0 Å². The molecule has 1 saturated heterocycles. The van der Waals surface area contributed by atoms with Crippen molar-refractivity contribution in [3.8, 4) is 5.69 Å². The Bertz CT molecular complexity index is 1290. The molecule has 1 aliphatic rings. The fourth-order valence-electron chi connectivity index (χ4n) is 5.10. The molecule has 3 heterocycles. The Morgan fingerprint density at radius 2 is 1.86 bits per heavy atom. The van der Waals surface area contributed by atoms with Gasteiger partial charge in [0, 0.05) is 34.9 Å². The van der Waals surface area contributed by atoms with E-state index in [0.717, 1.165) is 54.2 Å². The number of alkyl halides is 3. The number of H-pyrrole nitrogens is 1. The summed E-state index contributed by atoms with van der Waals surface area (Å²) in [5, 5.41) is 15.4. The second kappa shape index (κ2) is 10.4. The molecule has 2 aromatic carbocycles. The molecule has 1 atom stereocenters. The van der Waals surface area contributed by atoms with Gasteiger partial charge in [-0.05, 0) is 80.6 Å². The number of piperidine rings is 1. The van der Waals surface area contributed by atoms with Gasteiger partial charge in [0.2, 0.25) is 0 Å². The van der Waals surface area contributed by atoms with E-state index in [-0.39, 0.29) is 11.6 Å². The molecule has 0 saturated carbocycles. The molecular weight excluding hydrogens is 472 g/mol. The van der Waals surface area contributed by atoms with Crippen LogP contribution in [0.5, 0.6) is 0 Å². The SMILES string of the molecule is Fc1cccc(C(CCCc2c[nH]c3ccc(-n4cnnc4)cc23)NC2CCNCC2)c1C(F)(F)F. The number of halogens is 4. The number of rotatable bonds is 8. The molecule has 10 heteroatoms. The minimum Gasteiger partial charge on any atom is -0.361 e. The van der Waals surface area contributed by atoms with Crippen LogP contribution in [0, 0.1) is 5.82 Å². The summed E-state index contributed by atoms with van der Waals surface area (Å²) in [5.41, 5.74) is 1.80. The molecule has 1 aliphatic heterocycles. The van der Waals surface area contributed by atoms with Crippen LogP contribution in [-0.4, -0.2) is 38.9 Å². The second-order valence-corrected chi connectivity index (χ2v) is 9.25. The smallest absolute Gasteiger partial charge is 0.361 e. The van der Waals surface area contributed by atoms with Gasteiger partial charge in [-0.1, -0.05) is 12.1 Å². The first kappa shape index (κ1) is 24.5. The van der Waals surface area contributed by atoms with Gasteiger partial charge in [0.15, 0.2) is 0 Å². The van der Waals surface area contributed by atoms with E-state index in [0.29, 0.717) is 19.3 Å². The van der Waals surface area contributed by atoms with Crippen LogP contribution < -0.4 is 10.6 Å². The molecule has 3 N–H and O–H groups in total. The van der Waals surface area contributed by atoms with E-state index in [1.807, 2.05) is 29.0 Å². The van der Waals surface area contributed by atoms with Crippen LogP contribution in [0.25, 0.3) is 16.6 Å². The van der Waals surface area contributed by atoms with Gasteiger partial charge in [0.1, 0.15) is 18.5 Å². The topological polar surface area (TPSA) is 70.6 Å². The van der Waals surface area contributed by atoms with Gasteiger partial charge in [-0.15, -0.1) is 10.2 Å². The molecule has 0 radical (unpaired) electrons. The third-order valence-corrected chi connectivity index (χ3v) is 6.89. The number of aromatic amines is 1. The Labute approximate surface area is 206 Å². The van der Waals surface area contributed by atoms with Gasteiger partial charge in [0.25, 0.3) is 0 Å². The molecule has 190 valence electrons. The summed E-state index contributed by atoms with van der Waals surface area (Å²) < 4.78 is 57.7. The number of nitrogens with one attached hydrogen (secondary N) is 3. The summed E-state index contributed by atoms with van der Waals surface area (Å²) in [6.07, 6.45) is 3.84. The summed E-state index contributed by atoms with van der Waals surface area (Å²) in [6.45, 7) is 1.62. The molecule has 5 rings (SSSR count). The number of benzene rings is 2. The Morgan fingerprint density at radius 1 is 1.08 bits per heavy atom. The van der Waals surface area contributed by atoms with E-state index in [1.54, 1.807) is 12.7 Å². The standard InChI is InChI=1S/C26H28F4N6/c27-22-5-2-4-20(25(22)26(28,29)30)24(35-18-9-11-31-12-10-18)6-1-3-17-14-32-23-8-7-19(13-21(17)23)36-15-33-34-16-36/h2,4-5,7-8,13-16,18,24,31-32,35H,1,3,6,9-12H2. The first-order valence-corrected chi connectivity index (χ1v) is 12.2. The molecule has 0 aliphatic carbocycles. The van der Waals surface area contributed by atoms with Crippen molar-refractivity contribution in [2.45, 2.75) is 50.4 Å². The predicted molar refractivity (Wildman–Crippen MR) is 129 cm³/mol. The predicted octanol–water partition coefficient (Wildman–Crippen LogP) is 5.31. The van der Waals surface area contributed by atoms with Crippen molar-refractivity contribution in [2.75, 3.05) is 13.1 Å². The quantitative estimate of drug-likeness (QED) is 0.287. The third-order valence-electron chi connectivity index (χ3n) is 6.89. The summed E-state index contributed by atoms with van der Waals surface area (Å²) in [7, 11) is 0. The first-order valence-electron chi connectivity index (χ1n) is 12.2. The van der Waals surface area contributed by atoms with E-state index in [4.69, 9.17) is 0 Å². The van der Waals surface area contributed by atoms with E-state index in [1.165, 1.54) is 12.1 Å². The Morgan fingerprint density at radius 3 is 2.61 bits per heavy atom. The number of aromatic nitrogens is 4. The van der Waals surface area contributed by atoms with Crippen LogP contribution in [0.2, 0.25) is 0 Å². The largest absolute Gasteiger partial charge is 0.419 e. The van der Waals surface area contributed by atoms with Crippen molar-refractivity contribution in [1.29, 1.82) is 0 Å². The van der Waals surface area contributed by atoms with Crippen LogP contribution in [0.1, 0.15) is 48.4 Å². The van der Waals surface area contributed by atoms with E-state index >= 15 is 0 Å². The summed E-state index contributed by atoms with van der Waals surface area (Å²) in [5.74, 6) is -1.23. The molecule has 2 aromatic heterocycles. The minimum absolute atomic E-state index is 0.0187. The lowest BCUT2D eigenvalue weighted by Gasteiger charge is -2.31. The number of nitrogens with zero attached hydrogens (tertiary/aromatic N) is 3. The van der Waals surface area contributed by atoms with E-state index in [9.17, 15) is 17.6 Å². The highest BCUT2D eigenvalue weighted by molar-refractivity contribution is 5.85. The fraction of sp³-hybridized carbons (Fsp3) is 0.385. The Balaban J connectivity index is 1.37. The number of aryl methyl sites for hydroxylation is 1. The van der Waals surface area contributed by atoms with Crippen molar-refractivity contribution >= 4 is 10.9 Å². The van der Waals surface area contributed by atoms with Crippen LogP contribution in [-0.2, 0) is 12.6 Å². The molecule has 4 aromatic rings. The summed E-state index contributed by atoms with van der Waals surface area (Å²) in [4.78, 5) is 3.27. The molecular formula is C26H28F4N6. The van der Waals surface area contributed by atoms with E-state index < -0.39 is 23.6 Å². The first-order chi connectivity index (χ1) is 17.4. The molecule has 0 spiro atoms.